The number of ether oxygens (including phenoxy) is 1. The molecule has 5 nitrogen and oxygen atoms in total. The van der Waals surface area contributed by atoms with E-state index < -0.39 is 10.0 Å². The van der Waals surface area contributed by atoms with Gasteiger partial charge in [-0.25, -0.2) is 12.7 Å². The molecule has 0 spiro atoms. The largest absolute Gasteiger partial charge is 0.380 e. The third-order valence-electron chi connectivity index (χ3n) is 4.35. The van der Waals surface area contributed by atoms with Crippen LogP contribution in [0.5, 0.6) is 0 Å². The van der Waals surface area contributed by atoms with E-state index in [1.807, 2.05) is 0 Å². The average molecular weight is 320 g/mol. The molecule has 0 aromatic carbocycles. The molecule has 0 saturated carbocycles. The quantitative estimate of drug-likeness (QED) is 0.704. The van der Waals surface area contributed by atoms with Crippen LogP contribution in [0.2, 0.25) is 0 Å². The molecule has 3 atom stereocenters. The van der Waals surface area contributed by atoms with Crippen LogP contribution in [-0.2, 0) is 14.8 Å². The second kappa shape index (κ2) is 9.08. The Kier molecular flexibility index (Phi) is 8.16. The summed E-state index contributed by atoms with van der Waals surface area (Å²) in [5.74, 6) is 0.423. The smallest absolute Gasteiger partial charge is 0.211 e. The number of nitrogens with one attached hydrogen (secondary N) is 1. The van der Waals surface area contributed by atoms with Crippen molar-refractivity contribution in [1.82, 2.24) is 9.62 Å². The fourth-order valence-corrected chi connectivity index (χ4v) is 4.13. The number of nitrogens with zero attached hydrogens (tertiary/aromatic N) is 1. The molecule has 1 aliphatic heterocycles. The highest BCUT2D eigenvalue weighted by Crippen LogP contribution is 2.24. The summed E-state index contributed by atoms with van der Waals surface area (Å²) in [4.78, 5) is 0. The summed E-state index contributed by atoms with van der Waals surface area (Å²) >= 11 is 0. The lowest BCUT2D eigenvalue weighted by atomic mass is 9.89. The molecule has 21 heavy (non-hydrogen) atoms. The zero-order valence-corrected chi connectivity index (χ0v) is 14.8. The molecule has 1 fully saturated rings. The molecule has 1 rings (SSSR count). The molecule has 1 N–H and O–H groups in total. The lowest BCUT2D eigenvalue weighted by molar-refractivity contribution is 0.0530. The van der Waals surface area contributed by atoms with Crippen molar-refractivity contribution in [3.05, 3.63) is 0 Å². The van der Waals surface area contributed by atoms with Crippen LogP contribution in [0.4, 0.5) is 0 Å². The van der Waals surface area contributed by atoms with Crippen molar-refractivity contribution >= 4 is 10.0 Å². The van der Waals surface area contributed by atoms with E-state index in [2.05, 4.69) is 19.2 Å². The summed E-state index contributed by atoms with van der Waals surface area (Å²) in [6.07, 6.45) is 6.63. The summed E-state index contributed by atoms with van der Waals surface area (Å²) in [5, 5.41) is 3.58. The molecule has 0 aliphatic carbocycles. The Hall–Kier alpha value is -0.170. The van der Waals surface area contributed by atoms with E-state index in [4.69, 9.17) is 4.74 Å². The minimum Gasteiger partial charge on any atom is -0.380 e. The first kappa shape index (κ1) is 18.9. The van der Waals surface area contributed by atoms with Gasteiger partial charge < -0.3 is 10.1 Å². The van der Waals surface area contributed by atoms with Gasteiger partial charge in [-0.3, -0.25) is 0 Å². The maximum absolute atomic E-state index is 11.7. The number of sulfonamides is 1. The third-order valence-corrected chi connectivity index (χ3v) is 5.62. The first-order valence-electron chi connectivity index (χ1n) is 8.13. The van der Waals surface area contributed by atoms with Gasteiger partial charge in [0.15, 0.2) is 0 Å². The van der Waals surface area contributed by atoms with E-state index in [1.54, 1.807) is 11.4 Å². The van der Waals surface area contributed by atoms with Gasteiger partial charge in [-0.05, 0) is 44.6 Å². The Morgan fingerprint density at radius 2 is 2.10 bits per heavy atom. The summed E-state index contributed by atoms with van der Waals surface area (Å²) in [5.41, 5.74) is 0. The monoisotopic (exact) mass is 320 g/mol. The predicted molar refractivity (Wildman–Crippen MR) is 86.9 cm³/mol. The van der Waals surface area contributed by atoms with E-state index in [1.165, 1.54) is 6.26 Å². The number of rotatable bonds is 9. The zero-order chi connectivity index (χ0) is 15.9. The van der Waals surface area contributed by atoms with Gasteiger partial charge in [0.05, 0.1) is 12.4 Å². The summed E-state index contributed by atoms with van der Waals surface area (Å²) in [6, 6.07) is 0.310. The molecule has 6 heteroatoms. The number of piperidine rings is 1. The third kappa shape index (κ3) is 6.22. The number of hydrogen-bond acceptors (Lipinski definition) is 4. The highest BCUT2D eigenvalue weighted by atomic mass is 32.2. The van der Waals surface area contributed by atoms with Crippen LogP contribution in [0.25, 0.3) is 0 Å². The van der Waals surface area contributed by atoms with Crippen molar-refractivity contribution in [2.24, 2.45) is 5.92 Å². The van der Waals surface area contributed by atoms with E-state index in [9.17, 15) is 8.42 Å². The Morgan fingerprint density at radius 1 is 1.38 bits per heavy atom. The SMILES string of the molecule is CCCNC(CC1CCCN(S(C)(=O)=O)C1)C(CC)OC. The minimum atomic E-state index is -3.06. The van der Waals surface area contributed by atoms with Gasteiger partial charge >= 0.3 is 0 Å². The Labute approximate surface area is 130 Å². The Morgan fingerprint density at radius 3 is 2.62 bits per heavy atom. The maximum atomic E-state index is 11.7. The molecule has 1 heterocycles. The van der Waals surface area contributed by atoms with Gasteiger partial charge in [-0.1, -0.05) is 13.8 Å². The molecular weight excluding hydrogens is 288 g/mol. The fraction of sp³-hybridized carbons (Fsp3) is 1.00. The van der Waals surface area contributed by atoms with E-state index in [-0.39, 0.29) is 6.10 Å². The highest BCUT2D eigenvalue weighted by molar-refractivity contribution is 7.88. The Balaban J connectivity index is 2.64. The van der Waals surface area contributed by atoms with Gasteiger partial charge in [-0.2, -0.15) is 0 Å². The first-order chi connectivity index (χ1) is 9.92. The molecule has 0 amide bonds. The van der Waals surface area contributed by atoms with Crippen LogP contribution in [-0.4, -0.2) is 57.9 Å². The van der Waals surface area contributed by atoms with Gasteiger partial charge in [0.2, 0.25) is 10.0 Å². The molecule has 1 aliphatic rings. The highest BCUT2D eigenvalue weighted by Gasteiger charge is 2.29. The molecule has 0 aromatic rings. The molecule has 0 bridgehead atoms. The topological polar surface area (TPSA) is 58.6 Å². The number of hydrogen-bond donors (Lipinski definition) is 1. The van der Waals surface area contributed by atoms with Crippen LogP contribution >= 0.6 is 0 Å². The lowest BCUT2D eigenvalue weighted by Gasteiger charge is -2.35. The van der Waals surface area contributed by atoms with Crippen LogP contribution < -0.4 is 5.32 Å². The van der Waals surface area contributed by atoms with Gasteiger partial charge in [0.25, 0.3) is 0 Å². The van der Waals surface area contributed by atoms with Crippen molar-refractivity contribution < 1.29 is 13.2 Å². The van der Waals surface area contributed by atoms with Crippen molar-refractivity contribution in [1.29, 1.82) is 0 Å². The fourth-order valence-electron chi connectivity index (χ4n) is 3.19. The summed E-state index contributed by atoms with van der Waals surface area (Å²) < 4.78 is 30.7. The van der Waals surface area contributed by atoms with Crippen LogP contribution in [0.3, 0.4) is 0 Å². The van der Waals surface area contributed by atoms with Crippen molar-refractivity contribution in [2.45, 2.75) is 58.1 Å². The van der Waals surface area contributed by atoms with E-state index in [0.717, 1.165) is 38.6 Å². The van der Waals surface area contributed by atoms with Crippen molar-refractivity contribution in [2.75, 3.05) is 33.0 Å². The van der Waals surface area contributed by atoms with Gasteiger partial charge in [0, 0.05) is 26.2 Å². The van der Waals surface area contributed by atoms with E-state index in [0.29, 0.717) is 25.0 Å². The predicted octanol–water partition coefficient (Wildman–Crippen LogP) is 1.84. The second-order valence-corrected chi connectivity index (χ2v) is 8.09. The van der Waals surface area contributed by atoms with Gasteiger partial charge in [0.1, 0.15) is 0 Å². The average Bonchev–Trinajstić information content (AvgIpc) is 2.45. The van der Waals surface area contributed by atoms with Crippen LogP contribution in [0, 0.1) is 5.92 Å². The zero-order valence-electron chi connectivity index (χ0n) is 14.0. The standard InChI is InChI=1S/C15H32N2O3S/c1-5-9-16-14(15(6-2)20-3)11-13-8-7-10-17(12-13)21(4,18)19/h13-16H,5-12H2,1-4H3. The Bertz CT molecular complexity index is 382. The van der Waals surface area contributed by atoms with Crippen LogP contribution in [0.15, 0.2) is 0 Å². The molecule has 126 valence electrons. The molecular formula is C15H32N2O3S. The normalized spacial score (nSPS) is 23.9. The van der Waals surface area contributed by atoms with Crippen molar-refractivity contribution in [3.8, 4) is 0 Å². The molecule has 0 radical (unpaired) electrons. The first-order valence-corrected chi connectivity index (χ1v) is 9.98. The molecule has 0 aromatic heterocycles. The van der Waals surface area contributed by atoms with Crippen LogP contribution in [0.1, 0.15) is 46.0 Å². The van der Waals surface area contributed by atoms with E-state index >= 15 is 0 Å². The number of methoxy groups -OCH3 is 1. The summed E-state index contributed by atoms with van der Waals surface area (Å²) in [6.45, 7) is 6.60. The molecule has 3 unspecified atom stereocenters. The summed E-state index contributed by atoms with van der Waals surface area (Å²) in [7, 11) is -1.30. The minimum absolute atomic E-state index is 0.199. The second-order valence-electron chi connectivity index (χ2n) is 6.11. The molecule has 1 saturated heterocycles. The lowest BCUT2D eigenvalue weighted by Crippen LogP contribution is -2.46. The van der Waals surface area contributed by atoms with Crippen molar-refractivity contribution in [3.63, 3.8) is 0 Å². The maximum Gasteiger partial charge on any atom is 0.211 e. The van der Waals surface area contributed by atoms with Gasteiger partial charge in [-0.15, -0.1) is 0 Å².